The van der Waals surface area contributed by atoms with Crippen molar-refractivity contribution in [1.82, 2.24) is 0 Å². The molecular formula is C16H14O. The number of allylic oxidation sites excluding steroid dienone is 1. The molecule has 2 rings (SSSR count). The van der Waals surface area contributed by atoms with Gasteiger partial charge < -0.3 is 0 Å². The number of rotatable bonds is 3. The first-order chi connectivity index (χ1) is 8.31. The Kier molecular flexibility index (Phi) is 3.51. The predicted octanol–water partition coefficient (Wildman–Crippen LogP) is 3.63. The smallest absolute Gasteiger partial charge is 0.143 e. The van der Waals surface area contributed by atoms with E-state index in [2.05, 4.69) is 19.1 Å². The van der Waals surface area contributed by atoms with Crippen molar-refractivity contribution < 1.29 is 4.79 Å². The Bertz CT molecular complexity index is 521. The van der Waals surface area contributed by atoms with Gasteiger partial charge in [-0.2, -0.15) is 0 Å². The third kappa shape index (κ3) is 2.70. The zero-order valence-corrected chi connectivity index (χ0v) is 9.76. The first-order valence-corrected chi connectivity index (χ1v) is 5.59. The average Bonchev–Trinajstić information content (AvgIpc) is 2.38. The van der Waals surface area contributed by atoms with E-state index in [1.54, 1.807) is 6.08 Å². The summed E-state index contributed by atoms with van der Waals surface area (Å²) in [6.45, 7) is 2.05. The number of hydrogen-bond donors (Lipinski definition) is 0. The van der Waals surface area contributed by atoms with E-state index in [0.29, 0.717) is 0 Å². The molecule has 2 aromatic rings. The van der Waals surface area contributed by atoms with Gasteiger partial charge in [-0.3, -0.25) is 4.79 Å². The van der Waals surface area contributed by atoms with Crippen molar-refractivity contribution in [1.29, 1.82) is 0 Å². The summed E-state index contributed by atoms with van der Waals surface area (Å²) in [4.78, 5) is 10.8. The predicted molar refractivity (Wildman–Crippen MR) is 70.8 cm³/mol. The lowest BCUT2D eigenvalue weighted by atomic mass is 9.97. The Balaban J connectivity index is 2.47. The van der Waals surface area contributed by atoms with E-state index in [-0.39, 0.29) is 0 Å². The lowest BCUT2D eigenvalue weighted by Crippen LogP contribution is -1.88. The summed E-state index contributed by atoms with van der Waals surface area (Å²) in [5.41, 5.74) is 4.30. The Hall–Kier alpha value is -2.15. The number of hydrogen-bond acceptors (Lipinski definition) is 1. The second-order valence-electron chi connectivity index (χ2n) is 3.95. The maximum Gasteiger partial charge on any atom is 0.143 e. The fraction of sp³-hybridized carbons (Fsp3) is 0.0625. The maximum absolute atomic E-state index is 10.8. The van der Waals surface area contributed by atoms with Crippen molar-refractivity contribution >= 4 is 11.9 Å². The van der Waals surface area contributed by atoms with Gasteiger partial charge in [-0.1, -0.05) is 60.2 Å². The largest absolute Gasteiger partial charge is 0.299 e. The SMILES string of the molecule is Cc1ccc(/C(=C\C=O)c2ccccc2)cc1. The molecule has 0 saturated heterocycles. The van der Waals surface area contributed by atoms with E-state index in [1.807, 2.05) is 42.5 Å². The van der Waals surface area contributed by atoms with Crippen LogP contribution in [0, 0.1) is 6.92 Å². The summed E-state index contributed by atoms with van der Waals surface area (Å²) in [5.74, 6) is 0. The number of carbonyl (C=O) groups excluding carboxylic acids is 1. The number of aryl methyl sites for hydroxylation is 1. The van der Waals surface area contributed by atoms with E-state index >= 15 is 0 Å². The van der Waals surface area contributed by atoms with Gasteiger partial charge >= 0.3 is 0 Å². The first-order valence-electron chi connectivity index (χ1n) is 5.59. The number of aldehydes is 1. The normalized spacial score (nSPS) is 11.2. The highest BCUT2D eigenvalue weighted by molar-refractivity contribution is 5.89. The van der Waals surface area contributed by atoms with Crippen molar-refractivity contribution in [3.8, 4) is 0 Å². The minimum absolute atomic E-state index is 0.836. The lowest BCUT2D eigenvalue weighted by Gasteiger charge is -2.07. The molecule has 0 fully saturated rings. The molecule has 0 aliphatic carbocycles. The van der Waals surface area contributed by atoms with Gasteiger partial charge in [0.1, 0.15) is 6.29 Å². The Morgan fingerprint density at radius 3 is 2.06 bits per heavy atom. The molecule has 0 spiro atoms. The van der Waals surface area contributed by atoms with Crippen LogP contribution in [0.15, 0.2) is 60.7 Å². The molecule has 0 N–H and O–H groups in total. The second-order valence-corrected chi connectivity index (χ2v) is 3.95. The van der Waals surface area contributed by atoms with Crippen LogP contribution in [0.1, 0.15) is 16.7 Å². The van der Waals surface area contributed by atoms with Crippen molar-refractivity contribution in [2.75, 3.05) is 0 Å². The zero-order chi connectivity index (χ0) is 12.1. The molecule has 1 heteroatoms. The van der Waals surface area contributed by atoms with Crippen LogP contribution in [0.5, 0.6) is 0 Å². The van der Waals surface area contributed by atoms with Crippen LogP contribution in [0.4, 0.5) is 0 Å². The average molecular weight is 222 g/mol. The third-order valence-electron chi connectivity index (χ3n) is 2.68. The van der Waals surface area contributed by atoms with Gasteiger partial charge in [0.05, 0.1) is 0 Å². The van der Waals surface area contributed by atoms with Gasteiger partial charge in [0.15, 0.2) is 0 Å². The molecule has 0 radical (unpaired) electrons. The van der Waals surface area contributed by atoms with E-state index in [1.165, 1.54) is 5.56 Å². The third-order valence-corrected chi connectivity index (χ3v) is 2.68. The Morgan fingerprint density at radius 2 is 1.47 bits per heavy atom. The molecule has 0 atom stereocenters. The minimum Gasteiger partial charge on any atom is -0.299 e. The molecule has 0 saturated carbocycles. The Labute approximate surface area is 101 Å². The number of benzene rings is 2. The highest BCUT2D eigenvalue weighted by Crippen LogP contribution is 2.22. The topological polar surface area (TPSA) is 17.1 Å². The summed E-state index contributed by atoms with van der Waals surface area (Å²) >= 11 is 0. The second kappa shape index (κ2) is 5.26. The molecule has 17 heavy (non-hydrogen) atoms. The molecule has 1 nitrogen and oxygen atoms in total. The van der Waals surface area contributed by atoms with E-state index < -0.39 is 0 Å². The van der Waals surface area contributed by atoms with E-state index in [9.17, 15) is 4.79 Å². The standard InChI is InChI=1S/C16H14O/c1-13-7-9-15(10-8-13)16(11-12-17)14-5-3-2-4-6-14/h2-12H,1H3/b16-11-. The van der Waals surface area contributed by atoms with Crippen LogP contribution >= 0.6 is 0 Å². The molecule has 0 amide bonds. The summed E-state index contributed by atoms with van der Waals surface area (Å²) in [6.07, 6.45) is 2.45. The molecular weight excluding hydrogens is 208 g/mol. The molecule has 0 aromatic heterocycles. The molecule has 0 bridgehead atoms. The van der Waals surface area contributed by atoms with Crippen LogP contribution < -0.4 is 0 Å². The quantitative estimate of drug-likeness (QED) is 0.572. The highest BCUT2D eigenvalue weighted by atomic mass is 16.1. The first kappa shape index (κ1) is 11.3. The molecule has 0 unspecified atom stereocenters. The van der Waals surface area contributed by atoms with Gasteiger partial charge in [-0.05, 0) is 29.7 Å². The minimum atomic E-state index is 0.836. The fourth-order valence-electron chi connectivity index (χ4n) is 1.78. The van der Waals surface area contributed by atoms with Crippen LogP contribution in [0.3, 0.4) is 0 Å². The van der Waals surface area contributed by atoms with Crippen LogP contribution in [0.25, 0.3) is 5.57 Å². The molecule has 2 aromatic carbocycles. The van der Waals surface area contributed by atoms with Crippen molar-refractivity contribution in [2.24, 2.45) is 0 Å². The summed E-state index contributed by atoms with van der Waals surface area (Å²) in [7, 11) is 0. The highest BCUT2D eigenvalue weighted by Gasteiger charge is 2.03. The maximum atomic E-state index is 10.8. The monoisotopic (exact) mass is 222 g/mol. The Morgan fingerprint density at radius 1 is 0.882 bits per heavy atom. The van der Waals surface area contributed by atoms with Gasteiger partial charge in [0.25, 0.3) is 0 Å². The molecule has 0 aliphatic heterocycles. The van der Waals surface area contributed by atoms with Crippen LogP contribution in [-0.2, 0) is 4.79 Å². The van der Waals surface area contributed by atoms with E-state index in [4.69, 9.17) is 0 Å². The van der Waals surface area contributed by atoms with Gasteiger partial charge in [-0.15, -0.1) is 0 Å². The fourth-order valence-corrected chi connectivity index (χ4v) is 1.78. The van der Waals surface area contributed by atoms with Gasteiger partial charge in [-0.25, -0.2) is 0 Å². The van der Waals surface area contributed by atoms with Gasteiger partial charge in [0, 0.05) is 0 Å². The molecule has 0 heterocycles. The van der Waals surface area contributed by atoms with Crippen molar-refractivity contribution in [3.05, 3.63) is 77.4 Å². The zero-order valence-electron chi connectivity index (χ0n) is 9.76. The van der Waals surface area contributed by atoms with Gasteiger partial charge in [0.2, 0.25) is 0 Å². The number of carbonyl (C=O) groups is 1. The summed E-state index contributed by atoms with van der Waals surface area (Å²) in [6, 6.07) is 18.1. The molecule has 0 aliphatic rings. The van der Waals surface area contributed by atoms with Crippen LogP contribution in [-0.4, -0.2) is 6.29 Å². The molecule has 84 valence electrons. The van der Waals surface area contributed by atoms with Crippen LogP contribution in [0.2, 0.25) is 0 Å². The van der Waals surface area contributed by atoms with E-state index in [0.717, 1.165) is 23.0 Å². The summed E-state index contributed by atoms with van der Waals surface area (Å²) in [5, 5.41) is 0. The lowest BCUT2D eigenvalue weighted by molar-refractivity contribution is -0.104. The summed E-state index contributed by atoms with van der Waals surface area (Å²) < 4.78 is 0. The van der Waals surface area contributed by atoms with Crippen molar-refractivity contribution in [3.63, 3.8) is 0 Å². The van der Waals surface area contributed by atoms with Crippen molar-refractivity contribution in [2.45, 2.75) is 6.92 Å².